The number of nitrogens with zero attached hydrogens (tertiary/aromatic N) is 1. The van der Waals surface area contributed by atoms with Gasteiger partial charge in [-0.1, -0.05) is 0 Å². The van der Waals surface area contributed by atoms with Gasteiger partial charge in [0.15, 0.2) is 11.5 Å². The van der Waals surface area contributed by atoms with Crippen molar-refractivity contribution >= 4 is 16.6 Å². The fraction of sp³-hybridized carbons (Fsp3) is 0.526. The van der Waals surface area contributed by atoms with Gasteiger partial charge >= 0.3 is 0 Å². The molecule has 1 fully saturated rings. The Balaban J connectivity index is 1.92. The molecule has 0 saturated heterocycles. The van der Waals surface area contributed by atoms with E-state index in [1.807, 2.05) is 38.2 Å². The van der Waals surface area contributed by atoms with Crippen LogP contribution in [0.2, 0.25) is 0 Å². The highest BCUT2D eigenvalue weighted by atomic mass is 16.5. The van der Waals surface area contributed by atoms with Gasteiger partial charge in [0.1, 0.15) is 0 Å². The second-order valence-electron chi connectivity index (χ2n) is 6.05. The van der Waals surface area contributed by atoms with Gasteiger partial charge in [0.05, 0.1) is 24.8 Å². The number of rotatable bonds is 7. The average Bonchev–Trinajstić information content (AvgIpc) is 3.04. The summed E-state index contributed by atoms with van der Waals surface area (Å²) < 4.78 is 16.9. The third-order valence-corrected chi connectivity index (χ3v) is 4.48. The molecule has 0 radical (unpaired) electrons. The number of pyridine rings is 1. The van der Waals surface area contributed by atoms with Crippen molar-refractivity contribution in [3.8, 4) is 11.5 Å². The molecule has 1 saturated carbocycles. The predicted molar refractivity (Wildman–Crippen MR) is 96.1 cm³/mol. The zero-order chi connectivity index (χ0) is 16.9. The van der Waals surface area contributed by atoms with E-state index in [2.05, 4.69) is 10.3 Å². The van der Waals surface area contributed by atoms with Crippen LogP contribution in [0.15, 0.2) is 24.4 Å². The molecule has 3 rings (SSSR count). The molecule has 0 bridgehead atoms. The van der Waals surface area contributed by atoms with Crippen LogP contribution in [0.3, 0.4) is 0 Å². The number of hydrogen-bond donors (Lipinski definition) is 1. The Kier molecular flexibility index (Phi) is 5.41. The van der Waals surface area contributed by atoms with Gasteiger partial charge in [-0.2, -0.15) is 0 Å². The number of benzene rings is 1. The lowest BCUT2D eigenvalue weighted by Crippen LogP contribution is -2.17. The van der Waals surface area contributed by atoms with Crippen molar-refractivity contribution < 1.29 is 14.2 Å². The SMILES string of the molecule is CCOc1cc2nccc(NC3CCC(OC)C3)c2cc1OCC. The van der Waals surface area contributed by atoms with E-state index in [-0.39, 0.29) is 0 Å². The van der Waals surface area contributed by atoms with Crippen LogP contribution in [0.1, 0.15) is 33.1 Å². The monoisotopic (exact) mass is 330 g/mol. The lowest BCUT2D eigenvalue weighted by atomic mass is 10.1. The van der Waals surface area contributed by atoms with Gasteiger partial charge in [0.2, 0.25) is 0 Å². The maximum atomic E-state index is 5.76. The standard InChI is InChI=1S/C19H26N2O3/c1-4-23-18-11-15-16(21-13-6-7-14(10-13)22-3)8-9-20-17(15)12-19(18)24-5-2/h8-9,11-14H,4-7,10H2,1-3H3,(H,20,21). The summed E-state index contributed by atoms with van der Waals surface area (Å²) in [5.74, 6) is 1.51. The molecule has 1 aromatic heterocycles. The summed E-state index contributed by atoms with van der Waals surface area (Å²) in [5, 5.41) is 4.71. The molecule has 5 nitrogen and oxygen atoms in total. The molecule has 0 amide bonds. The third kappa shape index (κ3) is 3.56. The largest absolute Gasteiger partial charge is 0.490 e. The molecule has 2 unspecified atom stereocenters. The first kappa shape index (κ1) is 16.8. The van der Waals surface area contributed by atoms with E-state index in [1.54, 1.807) is 7.11 Å². The molecular weight excluding hydrogens is 304 g/mol. The Morgan fingerprint density at radius 2 is 1.88 bits per heavy atom. The van der Waals surface area contributed by atoms with Gasteiger partial charge in [0, 0.05) is 36.5 Å². The van der Waals surface area contributed by atoms with Gasteiger partial charge in [0.25, 0.3) is 0 Å². The van der Waals surface area contributed by atoms with E-state index in [4.69, 9.17) is 14.2 Å². The highest BCUT2D eigenvalue weighted by Crippen LogP contribution is 2.36. The number of ether oxygens (including phenoxy) is 3. The van der Waals surface area contributed by atoms with E-state index in [0.717, 1.165) is 47.4 Å². The summed E-state index contributed by atoms with van der Waals surface area (Å²) in [6.07, 6.45) is 5.46. The van der Waals surface area contributed by atoms with Crippen molar-refractivity contribution in [2.75, 3.05) is 25.6 Å². The number of aromatic nitrogens is 1. The maximum absolute atomic E-state index is 5.76. The minimum atomic E-state index is 0.360. The lowest BCUT2D eigenvalue weighted by Gasteiger charge is -2.17. The first-order chi connectivity index (χ1) is 11.7. The number of fused-ring (bicyclic) bond motifs is 1. The molecule has 1 aliphatic rings. The Bertz CT molecular complexity index is 690. The molecule has 0 spiro atoms. The van der Waals surface area contributed by atoms with Crippen LogP contribution in [-0.4, -0.2) is 37.5 Å². The van der Waals surface area contributed by atoms with E-state index in [9.17, 15) is 0 Å². The summed E-state index contributed by atoms with van der Waals surface area (Å²) in [6.45, 7) is 5.15. The van der Waals surface area contributed by atoms with Crippen molar-refractivity contribution in [2.45, 2.75) is 45.3 Å². The maximum Gasteiger partial charge on any atom is 0.163 e. The van der Waals surface area contributed by atoms with E-state index >= 15 is 0 Å². The predicted octanol–water partition coefficient (Wildman–Crippen LogP) is 4.01. The van der Waals surface area contributed by atoms with Gasteiger partial charge in [-0.05, 0) is 45.2 Å². The average molecular weight is 330 g/mol. The molecule has 1 heterocycles. The quantitative estimate of drug-likeness (QED) is 0.831. The summed E-state index contributed by atoms with van der Waals surface area (Å²) >= 11 is 0. The van der Waals surface area contributed by atoms with Crippen molar-refractivity contribution in [3.05, 3.63) is 24.4 Å². The van der Waals surface area contributed by atoms with E-state index in [0.29, 0.717) is 25.4 Å². The van der Waals surface area contributed by atoms with Crippen molar-refractivity contribution in [1.29, 1.82) is 0 Å². The Labute approximate surface area is 143 Å². The first-order valence-electron chi connectivity index (χ1n) is 8.72. The normalized spacial score (nSPS) is 20.3. The summed E-state index contributed by atoms with van der Waals surface area (Å²) in [4.78, 5) is 4.49. The van der Waals surface area contributed by atoms with Crippen LogP contribution in [0.4, 0.5) is 5.69 Å². The summed E-state index contributed by atoms with van der Waals surface area (Å²) in [7, 11) is 1.79. The van der Waals surface area contributed by atoms with E-state index in [1.165, 1.54) is 0 Å². The molecule has 0 aliphatic heterocycles. The second-order valence-corrected chi connectivity index (χ2v) is 6.05. The third-order valence-electron chi connectivity index (χ3n) is 4.48. The highest BCUT2D eigenvalue weighted by molar-refractivity contribution is 5.93. The Morgan fingerprint density at radius 1 is 1.12 bits per heavy atom. The van der Waals surface area contributed by atoms with Crippen molar-refractivity contribution in [2.24, 2.45) is 0 Å². The minimum Gasteiger partial charge on any atom is -0.490 e. The fourth-order valence-electron chi connectivity index (χ4n) is 3.32. The lowest BCUT2D eigenvalue weighted by molar-refractivity contribution is 0.108. The van der Waals surface area contributed by atoms with Crippen LogP contribution in [0, 0.1) is 0 Å². The molecule has 2 atom stereocenters. The van der Waals surface area contributed by atoms with Crippen LogP contribution < -0.4 is 14.8 Å². The fourth-order valence-corrected chi connectivity index (χ4v) is 3.32. The topological polar surface area (TPSA) is 52.6 Å². The van der Waals surface area contributed by atoms with Gasteiger partial charge in [-0.25, -0.2) is 0 Å². The highest BCUT2D eigenvalue weighted by Gasteiger charge is 2.24. The number of anilines is 1. The van der Waals surface area contributed by atoms with Crippen LogP contribution in [0.5, 0.6) is 11.5 Å². The molecule has 2 aromatic rings. The molecule has 1 aliphatic carbocycles. The zero-order valence-corrected chi connectivity index (χ0v) is 14.7. The first-order valence-corrected chi connectivity index (χ1v) is 8.72. The molecule has 1 aromatic carbocycles. The molecule has 24 heavy (non-hydrogen) atoms. The summed E-state index contributed by atoms with van der Waals surface area (Å²) in [5.41, 5.74) is 2.00. The number of hydrogen-bond acceptors (Lipinski definition) is 5. The Hall–Kier alpha value is -2.01. The Morgan fingerprint density at radius 3 is 2.54 bits per heavy atom. The second kappa shape index (κ2) is 7.71. The van der Waals surface area contributed by atoms with Gasteiger partial charge < -0.3 is 19.5 Å². The van der Waals surface area contributed by atoms with Crippen LogP contribution >= 0.6 is 0 Å². The molecular formula is C19H26N2O3. The van der Waals surface area contributed by atoms with Crippen molar-refractivity contribution in [3.63, 3.8) is 0 Å². The van der Waals surface area contributed by atoms with Crippen LogP contribution in [-0.2, 0) is 4.74 Å². The molecule has 5 heteroatoms. The summed E-state index contributed by atoms with van der Waals surface area (Å²) in [6, 6.07) is 6.45. The van der Waals surface area contributed by atoms with E-state index < -0.39 is 0 Å². The van der Waals surface area contributed by atoms with Gasteiger partial charge in [-0.15, -0.1) is 0 Å². The molecule has 130 valence electrons. The zero-order valence-electron chi connectivity index (χ0n) is 14.7. The number of nitrogens with one attached hydrogen (secondary N) is 1. The van der Waals surface area contributed by atoms with Gasteiger partial charge in [-0.3, -0.25) is 4.98 Å². The smallest absolute Gasteiger partial charge is 0.163 e. The minimum absolute atomic E-state index is 0.360. The number of methoxy groups -OCH3 is 1. The van der Waals surface area contributed by atoms with Crippen molar-refractivity contribution in [1.82, 2.24) is 4.98 Å². The van der Waals surface area contributed by atoms with Crippen LogP contribution in [0.25, 0.3) is 10.9 Å². The molecule has 1 N–H and O–H groups in total.